The fourth-order valence-electron chi connectivity index (χ4n) is 2.31. The summed E-state index contributed by atoms with van der Waals surface area (Å²) in [5.41, 5.74) is 4.63. The second-order valence-corrected chi connectivity index (χ2v) is 6.05. The van der Waals surface area contributed by atoms with Crippen LogP contribution in [-0.2, 0) is 6.42 Å². The summed E-state index contributed by atoms with van der Waals surface area (Å²) in [4.78, 5) is 0. The lowest BCUT2D eigenvalue weighted by Crippen LogP contribution is -2.42. The van der Waals surface area contributed by atoms with E-state index in [2.05, 4.69) is 65.1 Å². The van der Waals surface area contributed by atoms with Gasteiger partial charge in [-0.2, -0.15) is 0 Å². The monoisotopic (exact) mass is 233 g/mol. The Morgan fingerprint density at radius 3 is 2.06 bits per heavy atom. The van der Waals surface area contributed by atoms with Crippen LogP contribution in [0.4, 0.5) is 0 Å². The largest absolute Gasteiger partial charge is 0.313 e. The molecule has 0 amide bonds. The van der Waals surface area contributed by atoms with Gasteiger partial charge in [0.05, 0.1) is 0 Å². The van der Waals surface area contributed by atoms with E-state index in [1.54, 1.807) is 0 Å². The first-order valence-electron chi connectivity index (χ1n) is 6.64. The molecular formula is C16H27N. The SMILES string of the molecule is CCNC(Cc1c(C)cccc1C)C(C)(C)C. The van der Waals surface area contributed by atoms with E-state index in [9.17, 15) is 0 Å². The summed E-state index contributed by atoms with van der Waals surface area (Å²) in [7, 11) is 0. The van der Waals surface area contributed by atoms with Gasteiger partial charge in [0.15, 0.2) is 0 Å². The van der Waals surface area contributed by atoms with Crippen LogP contribution in [0.2, 0.25) is 0 Å². The molecule has 0 heterocycles. The Balaban J connectivity index is 2.94. The van der Waals surface area contributed by atoms with E-state index in [1.165, 1.54) is 16.7 Å². The van der Waals surface area contributed by atoms with Gasteiger partial charge in [-0.25, -0.2) is 0 Å². The molecule has 0 spiro atoms. The summed E-state index contributed by atoms with van der Waals surface area (Å²) >= 11 is 0. The zero-order valence-corrected chi connectivity index (χ0v) is 12.2. The van der Waals surface area contributed by atoms with Crippen LogP contribution in [0.15, 0.2) is 18.2 Å². The fraction of sp³-hybridized carbons (Fsp3) is 0.625. The molecule has 96 valence electrons. The molecule has 0 radical (unpaired) electrons. The Bertz CT molecular complexity index is 340. The van der Waals surface area contributed by atoms with E-state index < -0.39 is 0 Å². The lowest BCUT2D eigenvalue weighted by Gasteiger charge is -2.32. The van der Waals surface area contributed by atoms with Crippen LogP contribution >= 0.6 is 0 Å². The molecule has 1 aromatic carbocycles. The topological polar surface area (TPSA) is 12.0 Å². The van der Waals surface area contributed by atoms with Crippen LogP contribution in [0.3, 0.4) is 0 Å². The predicted octanol–water partition coefficient (Wildman–Crippen LogP) is 3.87. The zero-order chi connectivity index (χ0) is 13.1. The molecule has 1 N–H and O–H groups in total. The Hall–Kier alpha value is -0.820. The van der Waals surface area contributed by atoms with Gasteiger partial charge in [0.2, 0.25) is 0 Å². The molecule has 1 nitrogen and oxygen atoms in total. The highest BCUT2D eigenvalue weighted by Gasteiger charge is 2.24. The minimum atomic E-state index is 0.296. The number of benzene rings is 1. The van der Waals surface area contributed by atoms with Crippen LogP contribution < -0.4 is 5.32 Å². The third-order valence-corrected chi connectivity index (χ3v) is 3.55. The van der Waals surface area contributed by atoms with Crippen LogP contribution in [0, 0.1) is 19.3 Å². The van der Waals surface area contributed by atoms with Crippen molar-refractivity contribution in [3.05, 3.63) is 34.9 Å². The Kier molecular flexibility index (Phi) is 4.76. The van der Waals surface area contributed by atoms with E-state index in [0.717, 1.165) is 13.0 Å². The lowest BCUT2D eigenvalue weighted by atomic mass is 9.81. The molecule has 1 atom stereocenters. The first-order chi connectivity index (χ1) is 7.86. The molecule has 0 fully saturated rings. The zero-order valence-electron chi connectivity index (χ0n) is 12.2. The van der Waals surface area contributed by atoms with Gasteiger partial charge in [-0.1, -0.05) is 45.9 Å². The van der Waals surface area contributed by atoms with E-state index in [4.69, 9.17) is 0 Å². The highest BCUT2D eigenvalue weighted by Crippen LogP contribution is 2.25. The van der Waals surface area contributed by atoms with Crippen molar-refractivity contribution in [3.63, 3.8) is 0 Å². The van der Waals surface area contributed by atoms with Crippen molar-refractivity contribution in [1.29, 1.82) is 0 Å². The van der Waals surface area contributed by atoms with Crippen molar-refractivity contribution in [2.75, 3.05) is 6.54 Å². The summed E-state index contributed by atoms with van der Waals surface area (Å²) in [6.07, 6.45) is 1.12. The van der Waals surface area contributed by atoms with Crippen molar-refractivity contribution in [2.45, 2.75) is 54.0 Å². The number of nitrogens with one attached hydrogen (secondary N) is 1. The predicted molar refractivity (Wildman–Crippen MR) is 76.5 cm³/mol. The van der Waals surface area contributed by atoms with Gasteiger partial charge < -0.3 is 5.32 Å². The van der Waals surface area contributed by atoms with Crippen LogP contribution in [-0.4, -0.2) is 12.6 Å². The Morgan fingerprint density at radius 2 is 1.65 bits per heavy atom. The number of hydrogen-bond acceptors (Lipinski definition) is 1. The first-order valence-corrected chi connectivity index (χ1v) is 6.64. The molecule has 1 unspecified atom stereocenters. The normalized spacial score (nSPS) is 13.8. The summed E-state index contributed by atoms with van der Waals surface area (Å²) in [6.45, 7) is 14.6. The molecule has 0 bridgehead atoms. The van der Waals surface area contributed by atoms with Crippen LogP contribution in [0.5, 0.6) is 0 Å². The Labute approximate surface area is 107 Å². The molecule has 0 aliphatic rings. The highest BCUT2D eigenvalue weighted by molar-refractivity contribution is 5.34. The number of aryl methyl sites for hydroxylation is 2. The molecule has 0 saturated carbocycles. The molecule has 0 aliphatic carbocycles. The molecule has 0 saturated heterocycles. The van der Waals surface area contributed by atoms with E-state index in [0.29, 0.717) is 11.5 Å². The average Bonchev–Trinajstić information content (AvgIpc) is 2.20. The molecule has 1 aromatic rings. The first kappa shape index (κ1) is 14.2. The summed E-state index contributed by atoms with van der Waals surface area (Å²) in [5.74, 6) is 0. The minimum Gasteiger partial charge on any atom is -0.313 e. The fourth-order valence-corrected chi connectivity index (χ4v) is 2.31. The van der Waals surface area contributed by atoms with E-state index in [-0.39, 0.29) is 0 Å². The maximum Gasteiger partial charge on any atom is 0.0156 e. The van der Waals surface area contributed by atoms with Crippen molar-refractivity contribution in [1.82, 2.24) is 5.32 Å². The standard InChI is InChI=1S/C16H27N/c1-7-17-15(16(4,5)6)11-14-12(2)9-8-10-13(14)3/h8-10,15,17H,7,11H2,1-6H3. The van der Waals surface area contributed by atoms with Crippen molar-refractivity contribution in [2.24, 2.45) is 5.41 Å². The molecule has 0 aromatic heterocycles. The van der Waals surface area contributed by atoms with Crippen LogP contribution in [0.1, 0.15) is 44.4 Å². The maximum atomic E-state index is 3.63. The van der Waals surface area contributed by atoms with Gasteiger partial charge in [-0.15, -0.1) is 0 Å². The summed E-state index contributed by atoms with van der Waals surface area (Å²) in [5, 5.41) is 3.63. The second-order valence-electron chi connectivity index (χ2n) is 6.05. The lowest BCUT2D eigenvalue weighted by molar-refractivity contribution is 0.269. The van der Waals surface area contributed by atoms with Crippen molar-refractivity contribution >= 4 is 0 Å². The molecule has 0 aliphatic heterocycles. The third-order valence-electron chi connectivity index (χ3n) is 3.55. The van der Waals surface area contributed by atoms with E-state index in [1.807, 2.05) is 0 Å². The quantitative estimate of drug-likeness (QED) is 0.832. The smallest absolute Gasteiger partial charge is 0.0156 e. The van der Waals surface area contributed by atoms with Gasteiger partial charge in [0.1, 0.15) is 0 Å². The van der Waals surface area contributed by atoms with Crippen LogP contribution in [0.25, 0.3) is 0 Å². The average molecular weight is 233 g/mol. The van der Waals surface area contributed by atoms with Gasteiger partial charge in [-0.3, -0.25) is 0 Å². The number of hydrogen-bond donors (Lipinski definition) is 1. The molecular weight excluding hydrogens is 206 g/mol. The van der Waals surface area contributed by atoms with Gasteiger partial charge in [0.25, 0.3) is 0 Å². The van der Waals surface area contributed by atoms with Crippen molar-refractivity contribution < 1.29 is 0 Å². The molecule has 17 heavy (non-hydrogen) atoms. The van der Waals surface area contributed by atoms with Crippen molar-refractivity contribution in [3.8, 4) is 0 Å². The van der Waals surface area contributed by atoms with Gasteiger partial charge >= 0.3 is 0 Å². The third kappa shape index (κ3) is 3.85. The summed E-state index contributed by atoms with van der Waals surface area (Å²) in [6, 6.07) is 7.11. The molecule has 1 heteroatoms. The second kappa shape index (κ2) is 5.68. The Morgan fingerprint density at radius 1 is 1.12 bits per heavy atom. The van der Waals surface area contributed by atoms with Gasteiger partial charge in [-0.05, 0) is 48.9 Å². The van der Waals surface area contributed by atoms with E-state index >= 15 is 0 Å². The van der Waals surface area contributed by atoms with Gasteiger partial charge in [0, 0.05) is 6.04 Å². The number of likely N-dealkylation sites (N-methyl/N-ethyl adjacent to an activating group) is 1. The number of rotatable bonds is 4. The molecule has 1 rings (SSSR count). The highest BCUT2D eigenvalue weighted by atomic mass is 14.9. The maximum absolute atomic E-state index is 3.63. The minimum absolute atomic E-state index is 0.296. The summed E-state index contributed by atoms with van der Waals surface area (Å²) < 4.78 is 0.